The Bertz CT molecular complexity index is 386. The number of imide groups is 1. The van der Waals surface area contributed by atoms with Crippen LogP contribution in [0, 0.1) is 0 Å². The average molecular weight is 319 g/mol. The normalized spacial score (nSPS) is 15.0. The highest BCUT2D eigenvalue weighted by molar-refractivity contribution is 5.93. The third-order valence-electron chi connectivity index (χ3n) is 3.36. The Balaban J connectivity index is 0.00000400. The van der Waals surface area contributed by atoms with Crippen LogP contribution in [0.25, 0.3) is 0 Å². The Morgan fingerprint density at radius 2 is 1.57 bits per heavy atom. The Kier molecular flexibility index (Phi) is 8.36. The van der Waals surface area contributed by atoms with Crippen molar-refractivity contribution in [3.63, 3.8) is 0 Å². The van der Waals surface area contributed by atoms with Crippen molar-refractivity contribution >= 4 is 24.5 Å². The molecule has 0 spiro atoms. The minimum atomic E-state index is -0.290. The van der Waals surface area contributed by atoms with Crippen LogP contribution in [0.1, 0.15) is 13.8 Å². The van der Waals surface area contributed by atoms with E-state index in [0.29, 0.717) is 13.1 Å². The van der Waals surface area contributed by atoms with Gasteiger partial charge in [0.2, 0.25) is 0 Å². The van der Waals surface area contributed by atoms with Crippen molar-refractivity contribution in [2.45, 2.75) is 13.8 Å². The number of carbonyl (C=O) groups excluding carboxylic acids is 2. The number of urea groups is 2. The molecule has 0 aliphatic carbocycles. The Hall–Kier alpha value is -1.27. The van der Waals surface area contributed by atoms with Gasteiger partial charge in [0.15, 0.2) is 0 Å². The average Bonchev–Trinajstić information content (AvgIpc) is 2.43. The molecule has 1 rings (SSSR count). The molecule has 7 heteroatoms. The number of halogens is 1. The summed E-state index contributed by atoms with van der Waals surface area (Å²) in [6.07, 6.45) is 2.19. The van der Waals surface area contributed by atoms with Gasteiger partial charge in [0.05, 0.1) is 0 Å². The van der Waals surface area contributed by atoms with Gasteiger partial charge in [-0.05, 0) is 13.8 Å². The predicted molar refractivity (Wildman–Crippen MR) is 86.9 cm³/mol. The molecule has 0 aromatic carbocycles. The molecule has 0 unspecified atom stereocenters. The number of amides is 4. The van der Waals surface area contributed by atoms with E-state index in [1.807, 2.05) is 0 Å². The van der Waals surface area contributed by atoms with Gasteiger partial charge in [0.1, 0.15) is 0 Å². The molecule has 1 heterocycles. The number of piperazine rings is 1. The lowest BCUT2D eigenvalue weighted by Gasteiger charge is -2.36. The molecule has 1 aliphatic rings. The Morgan fingerprint density at radius 1 is 1.05 bits per heavy atom. The third kappa shape index (κ3) is 5.93. The van der Waals surface area contributed by atoms with E-state index in [1.165, 1.54) is 22.4 Å². The smallest absolute Gasteiger partial charge is 0.327 e. The molecule has 0 N–H and O–H groups in total. The zero-order valence-corrected chi connectivity index (χ0v) is 14.4. The fraction of sp³-hybridized carbons (Fsp3) is 0.714. The van der Waals surface area contributed by atoms with Crippen molar-refractivity contribution < 1.29 is 9.59 Å². The van der Waals surface area contributed by atoms with E-state index in [1.54, 1.807) is 19.0 Å². The monoisotopic (exact) mass is 318 g/mol. The van der Waals surface area contributed by atoms with Gasteiger partial charge in [-0.1, -0.05) is 11.6 Å². The zero-order chi connectivity index (χ0) is 15.3. The first-order valence-corrected chi connectivity index (χ1v) is 6.92. The summed E-state index contributed by atoms with van der Waals surface area (Å²) in [5, 5.41) is 0. The molecule has 0 atom stereocenters. The van der Waals surface area contributed by atoms with Gasteiger partial charge in [-0.15, -0.1) is 12.4 Å². The van der Waals surface area contributed by atoms with Crippen molar-refractivity contribution in [3.8, 4) is 0 Å². The molecule has 0 radical (unpaired) electrons. The second-order valence-corrected chi connectivity index (χ2v) is 5.59. The molecule has 0 saturated carbocycles. The first-order valence-electron chi connectivity index (χ1n) is 6.92. The summed E-state index contributed by atoms with van der Waals surface area (Å²) in [4.78, 5) is 30.6. The van der Waals surface area contributed by atoms with Crippen LogP contribution in [0.15, 0.2) is 11.6 Å². The summed E-state index contributed by atoms with van der Waals surface area (Å²) in [6.45, 7) is 8.13. The van der Waals surface area contributed by atoms with Crippen molar-refractivity contribution in [3.05, 3.63) is 11.6 Å². The maximum absolute atomic E-state index is 12.2. The van der Waals surface area contributed by atoms with Crippen LogP contribution in [-0.2, 0) is 0 Å². The van der Waals surface area contributed by atoms with E-state index >= 15 is 0 Å². The van der Waals surface area contributed by atoms with E-state index < -0.39 is 0 Å². The standard InChI is InChI=1S/C14H26N4O2.ClH/c1-12(2)6-7-17-8-10-18(11-9-17)14(20)16(5)13(19)15(3)4;/h6H,7-11H2,1-5H3;1H. The van der Waals surface area contributed by atoms with Gasteiger partial charge in [0.25, 0.3) is 0 Å². The van der Waals surface area contributed by atoms with Crippen LogP contribution in [0.4, 0.5) is 9.59 Å². The molecule has 6 nitrogen and oxygen atoms in total. The highest BCUT2D eigenvalue weighted by Crippen LogP contribution is 2.06. The Morgan fingerprint density at radius 3 is 2.00 bits per heavy atom. The number of allylic oxidation sites excluding steroid dienone is 1. The van der Waals surface area contributed by atoms with Crippen molar-refractivity contribution in [1.29, 1.82) is 0 Å². The summed E-state index contributed by atoms with van der Waals surface area (Å²) < 4.78 is 0. The van der Waals surface area contributed by atoms with Crippen LogP contribution in [0.2, 0.25) is 0 Å². The lowest BCUT2D eigenvalue weighted by Crippen LogP contribution is -2.54. The maximum Gasteiger partial charge on any atom is 0.327 e. The van der Waals surface area contributed by atoms with Crippen LogP contribution in [0.3, 0.4) is 0 Å². The minimum Gasteiger partial charge on any atom is -0.330 e. The first kappa shape index (κ1) is 19.7. The van der Waals surface area contributed by atoms with E-state index in [2.05, 4.69) is 24.8 Å². The molecule has 1 aliphatic heterocycles. The molecule has 21 heavy (non-hydrogen) atoms. The van der Waals surface area contributed by atoms with E-state index in [0.717, 1.165) is 19.6 Å². The second kappa shape index (κ2) is 8.89. The second-order valence-electron chi connectivity index (χ2n) is 5.59. The lowest BCUT2D eigenvalue weighted by atomic mass is 10.3. The molecule has 122 valence electrons. The molecule has 1 fully saturated rings. The first-order chi connectivity index (χ1) is 9.32. The number of hydrogen-bond acceptors (Lipinski definition) is 3. The topological polar surface area (TPSA) is 47.1 Å². The van der Waals surface area contributed by atoms with Gasteiger partial charge in [-0.2, -0.15) is 0 Å². The lowest BCUT2D eigenvalue weighted by molar-refractivity contribution is 0.122. The van der Waals surface area contributed by atoms with Crippen molar-refractivity contribution in [2.75, 3.05) is 53.9 Å². The Labute approximate surface area is 133 Å². The number of rotatable bonds is 2. The summed E-state index contributed by atoms with van der Waals surface area (Å²) in [5.41, 5.74) is 1.31. The van der Waals surface area contributed by atoms with Crippen molar-refractivity contribution in [2.24, 2.45) is 0 Å². The van der Waals surface area contributed by atoms with Crippen LogP contribution in [0.5, 0.6) is 0 Å². The van der Waals surface area contributed by atoms with E-state index in [4.69, 9.17) is 0 Å². The summed E-state index contributed by atoms with van der Waals surface area (Å²) >= 11 is 0. The SMILES string of the molecule is CC(C)=CCN1CCN(C(=O)N(C)C(=O)N(C)C)CC1.Cl. The molecular formula is C14H27ClN4O2. The molecule has 4 amide bonds. The number of nitrogens with zero attached hydrogens (tertiary/aromatic N) is 4. The van der Waals surface area contributed by atoms with Crippen LogP contribution in [-0.4, -0.2) is 85.5 Å². The van der Waals surface area contributed by atoms with Crippen LogP contribution < -0.4 is 0 Å². The summed E-state index contributed by atoms with van der Waals surface area (Å²) in [5.74, 6) is 0. The fourth-order valence-corrected chi connectivity index (χ4v) is 2.03. The predicted octanol–water partition coefficient (Wildman–Crippen LogP) is 1.73. The van der Waals surface area contributed by atoms with Gasteiger partial charge in [-0.3, -0.25) is 4.90 Å². The van der Waals surface area contributed by atoms with Crippen molar-refractivity contribution in [1.82, 2.24) is 19.6 Å². The fourth-order valence-electron chi connectivity index (χ4n) is 2.03. The highest BCUT2D eigenvalue weighted by atomic mass is 35.5. The number of hydrogen-bond donors (Lipinski definition) is 0. The van der Waals surface area contributed by atoms with Crippen LogP contribution >= 0.6 is 12.4 Å². The van der Waals surface area contributed by atoms with Gasteiger partial charge in [0, 0.05) is 53.9 Å². The van der Waals surface area contributed by atoms with Gasteiger partial charge >= 0.3 is 12.1 Å². The molecular weight excluding hydrogens is 292 g/mol. The zero-order valence-electron chi connectivity index (χ0n) is 13.6. The van der Waals surface area contributed by atoms with Gasteiger partial charge in [-0.25, -0.2) is 14.5 Å². The summed E-state index contributed by atoms with van der Waals surface area (Å²) in [6, 6.07) is -0.507. The maximum atomic E-state index is 12.2. The quantitative estimate of drug-likeness (QED) is 0.728. The highest BCUT2D eigenvalue weighted by Gasteiger charge is 2.26. The number of carbonyl (C=O) groups is 2. The third-order valence-corrected chi connectivity index (χ3v) is 3.36. The minimum absolute atomic E-state index is 0. The summed E-state index contributed by atoms with van der Waals surface area (Å²) in [7, 11) is 4.81. The van der Waals surface area contributed by atoms with E-state index in [-0.39, 0.29) is 24.5 Å². The van der Waals surface area contributed by atoms with E-state index in [9.17, 15) is 9.59 Å². The molecule has 0 aromatic rings. The largest absolute Gasteiger partial charge is 0.330 e. The molecule has 0 bridgehead atoms. The molecule has 1 saturated heterocycles. The molecule has 0 aromatic heterocycles. The van der Waals surface area contributed by atoms with Gasteiger partial charge < -0.3 is 9.80 Å².